The lowest BCUT2D eigenvalue weighted by Crippen LogP contribution is -2.60. The minimum absolute atomic E-state index is 0.0717. The maximum Gasteiger partial charge on any atom is 0.430 e. The summed E-state index contributed by atoms with van der Waals surface area (Å²) >= 11 is 0. The molecule has 0 radical (unpaired) electrons. The van der Waals surface area contributed by atoms with Gasteiger partial charge in [0.25, 0.3) is 11.5 Å². The van der Waals surface area contributed by atoms with Gasteiger partial charge in [-0.25, -0.2) is 0 Å². The van der Waals surface area contributed by atoms with Gasteiger partial charge in [-0.1, -0.05) is 30.3 Å². The Morgan fingerprint density at radius 1 is 1.18 bits per heavy atom. The topological polar surface area (TPSA) is 76.5 Å². The second-order valence-corrected chi connectivity index (χ2v) is 8.85. The first-order valence-electron chi connectivity index (χ1n) is 10.9. The molecular formula is C23H27F3N4O3. The van der Waals surface area contributed by atoms with Crippen LogP contribution in [-0.4, -0.2) is 59.4 Å². The van der Waals surface area contributed by atoms with Gasteiger partial charge in [-0.05, 0) is 24.3 Å². The van der Waals surface area contributed by atoms with E-state index < -0.39 is 23.1 Å². The Morgan fingerprint density at radius 3 is 2.39 bits per heavy atom. The Labute approximate surface area is 189 Å². The van der Waals surface area contributed by atoms with Crippen molar-refractivity contribution in [3.63, 3.8) is 0 Å². The summed E-state index contributed by atoms with van der Waals surface area (Å²) in [6.45, 7) is 0.616. The molecular weight excluding hydrogens is 437 g/mol. The molecule has 4 rings (SSSR count). The quantitative estimate of drug-likeness (QED) is 0.755. The Hall–Kier alpha value is -2.88. The molecule has 1 unspecified atom stereocenters. The van der Waals surface area contributed by atoms with E-state index in [1.807, 2.05) is 19.3 Å². The summed E-state index contributed by atoms with van der Waals surface area (Å²) in [6.07, 6.45) is -2.06. The number of benzene rings is 1. The number of halogens is 3. The Morgan fingerprint density at radius 2 is 1.85 bits per heavy atom. The SMILES string of the molecule is CO[C@@](C(=O)N1CCC2(CC1)CC(=O)NCC2c1ccn(C)n1)(c1ccccc1)C(F)(F)F. The lowest BCUT2D eigenvalue weighted by Gasteiger charge is -2.49. The number of nitrogens with zero attached hydrogens (tertiary/aromatic N) is 3. The number of amides is 2. The van der Waals surface area contributed by atoms with Crippen LogP contribution in [0.15, 0.2) is 42.6 Å². The van der Waals surface area contributed by atoms with E-state index in [9.17, 15) is 22.8 Å². The highest BCUT2D eigenvalue weighted by molar-refractivity contribution is 5.88. The van der Waals surface area contributed by atoms with Crippen LogP contribution in [0.3, 0.4) is 0 Å². The zero-order valence-corrected chi connectivity index (χ0v) is 18.6. The maximum atomic E-state index is 14.3. The molecule has 2 atom stereocenters. The molecule has 1 spiro atoms. The van der Waals surface area contributed by atoms with Crippen LogP contribution in [0.2, 0.25) is 0 Å². The normalized spacial score (nSPS) is 22.6. The van der Waals surface area contributed by atoms with Crippen molar-refractivity contribution in [2.45, 2.75) is 37.0 Å². The summed E-state index contributed by atoms with van der Waals surface area (Å²) in [4.78, 5) is 26.9. The Bertz CT molecular complexity index is 1020. The number of nitrogens with one attached hydrogen (secondary N) is 1. The number of carbonyl (C=O) groups is 2. The van der Waals surface area contributed by atoms with E-state index >= 15 is 0 Å². The molecule has 178 valence electrons. The van der Waals surface area contributed by atoms with Gasteiger partial charge in [-0.15, -0.1) is 0 Å². The number of aromatic nitrogens is 2. The standard InChI is InChI=1S/C23H27F3N4O3/c1-29-11-8-18(28-29)17-15-27-19(31)14-21(17)9-12-30(13-10-21)20(32)22(33-2,23(24,25)26)16-6-4-3-5-7-16/h3-8,11,17H,9-10,12-15H2,1-2H3,(H,27,31)/t17?,22-/m1/s1. The fourth-order valence-electron chi connectivity index (χ4n) is 5.28. The zero-order valence-electron chi connectivity index (χ0n) is 18.6. The minimum atomic E-state index is -4.95. The highest BCUT2D eigenvalue weighted by Crippen LogP contribution is 2.50. The van der Waals surface area contributed by atoms with Crippen molar-refractivity contribution in [2.24, 2.45) is 12.5 Å². The molecule has 3 heterocycles. The molecule has 2 fully saturated rings. The number of likely N-dealkylation sites (tertiary alicyclic amines) is 1. The van der Waals surface area contributed by atoms with Gasteiger partial charge < -0.3 is 15.0 Å². The second kappa shape index (κ2) is 8.48. The van der Waals surface area contributed by atoms with Crippen LogP contribution in [0.5, 0.6) is 0 Å². The Balaban J connectivity index is 1.61. The third kappa shape index (κ3) is 3.90. The molecule has 2 amide bonds. The molecule has 2 aromatic rings. The number of hydrogen-bond donors (Lipinski definition) is 1. The number of aryl methyl sites for hydroxylation is 1. The highest BCUT2D eigenvalue weighted by atomic mass is 19.4. The lowest BCUT2D eigenvalue weighted by molar-refractivity contribution is -0.271. The van der Waals surface area contributed by atoms with E-state index in [1.54, 1.807) is 10.7 Å². The lowest BCUT2D eigenvalue weighted by atomic mass is 9.63. The summed E-state index contributed by atoms with van der Waals surface area (Å²) < 4.78 is 49.6. The first-order valence-corrected chi connectivity index (χ1v) is 10.9. The van der Waals surface area contributed by atoms with E-state index in [4.69, 9.17) is 4.74 Å². The van der Waals surface area contributed by atoms with E-state index in [1.165, 1.54) is 29.2 Å². The number of carbonyl (C=O) groups excluding carboxylic acids is 2. The van der Waals surface area contributed by atoms with Gasteiger partial charge in [0.15, 0.2) is 0 Å². The molecule has 0 aliphatic carbocycles. The van der Waals surface area contributed by atoms with Crippen molar-refractivity contribution >= 4 is 11.8 Å². The molecule has 7 nitrogen and oxygen atoms in total. The Kier molecular flexibility index (Phi) is 5.98. The van der Waals surface area contributed by atoms with Crippen molar-refractivity contribution in [3.05, 3.63) is 53.9 Å². The number of rotatable bonds is 4. The smallest absolute Gasteiger partial charge is 0.356 e. The van der Waals surface area contributed by atoms with Crippen LogP contribution in [0.25, 0.3) is 0 Å². The molecule has 2 saturated heterocycles. The molecule has 10 heteroatoms. The number of methoxy groups -OCH3 is 1. The number of alkyl halides is 3. The van der Waals surface area contributed by atoms with Gasteiger partial charge in [0.05, 0.1) is 5.69 Å². The first-order chi connectivity index (χ1) is 15.6. The van der Waals surface area contributed by atoms with Crippen LogP contribution in [0, 0.1) is 5.41 Å². The molecule has 1 aromatic heterocycles. The third-order valence-electron chi connectivity index (χ3n) is 7.08. The first kappa shape index (κ1) is 23.3. The summed E-state index contributed by atoms with van der Waals surface area (Å²) in [6, 6.07) is 8.89. The van der Waals surface area contributed by atoms with Crippen molar-refractivity contribution < 1.29 is 27.5 Å². The van der Waals surface area contributed by atoms with Crippen LogP contribution < -0.4 is 5.32 Å². The number of hydrogen-bond acceptors (Lipinski definition) is 4. The van der Waals surface area contributed by atoms with Gasteiger partial charge >= 0.3 is 6.18 Å². The van der Waals surface area contributed by atoms with Gasteiger partial charge in [0.2, 0.25) is 5.91 Å². The van der Waals surface area contributed by atoms with Gasteiger partial charge in [0.1, 0.15) is 0 Å². The third-order valence-corrected chi connectivity index (χ3v) is 7.08. The molecule has 33 heavy (non-hydrogen) atoms. The van der Waals surface area contributed by atoms with E-state index in [0.717, 1.165) is 12.8 Å². The molecule has 1 N–H and O–H groups in total. The summed E-state index contributed by atoms with van der Waals surface area (Å²) in [5.41, 5.74) is -2.96. The van der Waals surface area contributed by atoms with Crippen LogP contribution in [-0.2, 0) is 27.0 Å². The number of piperidine rings is 2. The summed E-state index contributed by atoms with van der Waals surface area (Å²) in [5.74, 6) is -1.29. The molecule has 2 aliphatic rings. The number of ether oxygens (including phenoxy) is 1. The van der Waals surface area contributed by atoms with Gasteiger partial charge in [-0.3, -0.25) is 14.3 Å². The van der Waals surface area contributed by atoms with Crippen molar-refractivity contribution in [1.29, 1.82) is 0 Å². The second-order valence-electron chi connectivity index (χ2n) is 8.85. The highest BCUT2D eigenvalue weighted by Gasteiger charge is 2.64. The average molecular weight is 464 g/mol. The largest absolute Gasteiger partial charge is 0.430 e. The van der Waals surface area contributed by atoms with Crippen molar-refractivity contribution in [1.82, 2.24) is 20.0 Å². The molecule has 0 bridgehead atoms. The minimum Gasteiger partial charge on any atom is -0.356 e. The van der Waals surface area contributed by atoms with Crippen molar-refractivity contribution in [2.75, 3.05) is 26.7 Å². The van der Waals surface area contributed by atoms with E-state index in [0.29, 0.717) is 19.4 Å². The van der Waals surface area contributed by atoms with Gasteiger partial charge in [-0.2, -0.15) is 18.3 Å². The molecule has 2 aliphatic heterocycles. The summed E-state index contributed by atoms with van der Waals surface area (Å²) in [5, 5.41) is 7.39. The van der Waals surface area contributed by atoms with Gasteiger partial charge in [0, 0.05) is 57.9 Å². The summed E-state index contributed by atoms with van der Waals surface area (Å²) in [7, 11) is 2.72. The van der Waals surface area contributed by atoms with Crippen molar-refractivity contribution in [3.8, 4) is 0 Å². The van der Waals surface area contributed by atoms with Crippen LogP contribution in [0.4, 0.5) is 13.2 Å². The predicted octanol–water partition coefficient (Wildman–Crippen LogP) is 2.74. The fraction of sp³-hybridized carbons (Fsp3) is 0.522. The van der Waals surface area contributed by atoms with Crippen LogP contribution in [0.1, 0.15) is 36.4 Å². The van der Waals surface area contributed by atoms with Crippen LogP contribution >= 0.6 is 0 Å². The maximum absolute atomic E-state index is 14.3. The predicted molar refractivity (Wildman–Crippen MR) is 113 cm³/mol. The average Bonchev–Trinajstić information content (AvgIpc) is 3.20. The zero-order chi connectivity index (χ0) is 23.9. The van der Waals surface area contributed by atoms with E-state index in [2.05, 4.69) is 10.4 Å². The molecule has 1 aromatic carbocycles. The molecule has 0 saturated carbocycles. The fourth-order valence-corrected chi connectivity index (χ4v) is 5.28. The monoisotopic (exact) mass is 464 g/mol. The van der Waals surface area contributed by atoms with E-state index in [-0.39, 0.29) is 36.9 Å².